The Morgan fingerprint density at radius 1 is 1.13 bits per heavy atom. The van der Waals surface area contributed by atoms with Gasteiger partial charge in [-0.05, 0) is 103 Å². The molecule has 2 N–H and O–H groups in total. The van der Waals surface area contributed by atoms with Crippen LogP contribution in [0.3, 0.4) is 0 Å². The Labute approximate surface area is 179 Å². The van der Waals surface area contributed by atoms with Gasteiger partial charge in [0, 0.05) is 0 Å². The number of hydrogen-bond donors (Lipinski definition) is 2. The van der Waals surface area contributed by atoms with Crippen molar-refractivity contribution in [2.24, 2.45) is 23.2 Å². The molecule has 0 heterocycles. The first-order valence-electron chi connectivity index (χ1n) is 11.6. The predicted octanol–water partition coefficient (Wildman–Crippen LogP) is 5.98. The molecule has 3 aliphatic rings. The van der Waals surface area contributed by atoms with Crippen LogP contribution in [0.5, 0.6) is 5.75 Å². The summed E-state index contributed by atoms with van der Waals surface area (Å²) in [7, 11) is 0. The van der Waals surface area contributed by atoms with E-state index in [1.807, 2.05) is 12.1 Å². The highest BCUT2D eigenvalue weighted by Gasteiger charge is 2.59. The van der Waals surface area contributed by atoms with E-state index in [9.17, 15) is 14.6 Å². The van der Waals surface area contributed by atoms with Crippen LogP contribution >= 0.6 is 0 Å². The molecule has 0 bridgehead atoms. The summed E-state index contributed by atoms with van der Waals surface area (Å²) in [5.74, 6) is 1.80. The third-order valence-electron chi connectivity index (χ3n) is 8.60. The second-order valence-corrected chi connectivity index (χ2v) is 10.5. The molecule has 3 heteroatoms. The van der Waals surface area contributed by atoms with E-state index in [1.54, 1.807) is 6.92 Å². The number of aromatic hydroxyl groups is 1. The third-order valence-corrected chi connectivity index (χ3v) is 8.60. The van der Waals surface area contributed by atoms with Crippen LogP contribution in [-0.4, -0.2) is 22.5 Å². The molecule has 0 aromatic heterocycles. The molecule has 2 saturated carbocycles. The lowest BCUT2D eigenvalue weighted by atomic mass is 9.50. The van der Waals surface area contributed by atoms with E-state index < -0.39 is 12.3 Å². The molecule has 2 nitrogen and oxygen atoms in total. The quantitative estimate of drug-likeness (QED) is 0.656. The molecule has 160 valence electrons. The zero-order valence-corrected chi connectivity index (χ0v) is 18.0. The minimum atomic E-state index is -0.893. The molecule has 2 fully saturated rings. The summed E-state index contributed by atoms with van der Waals surface area (Å²) in [5.41, 5.74) is 4.02. The largest absolute Gasteiger partial charge is 0.508 e. The number of halogens is 1. The lowest BCUT2D eigenvalue weighted by Crippen LogP contribution is -2.46. The zero-order valence-electron chi connectivity index (χ0n) is 18.0. The number of hydrogen-bond acceptors (Lipinski definition) is 2. The summed E-state index contributed by atoms with van der Waals surface area (Å²) in [5, 5.41) is 21.1. The van der Waals surface area contributed by atoms with Crippen molar-refractivity contribution in [2.75, 3.05) is 0 Å². The first-order valence-corrected chi connectivity index (χ1v) is 11.6. The Bertz CT molecular complexity index is 910. The van der Waals surface area contributed by atoms with Crippen LogP contribution in [0.2, 0.25) is 0 Å². The maximum atomic E-state index is 14.2. The van der Waals surface area contributed by atoms with Crippen molar-refractivity contribution >= 4 is 0 Å². The number of phenolic OH excluding ortho intramolecular Hbond substituents is 1. The van der Waals surface area contributed by atoms with Gasteiger partial charge < -0.3 is 10.2 Å². The molecule has 0 radical (unpaired) electrons. The average Bonchev–Trinajstić information content (AvgIpc) is 2.96. The monoisotopic (exact) mass is 408 g/mol. The van der Waals surface area contributed by atoms with Crippen LogP contribution in [0.1, 0.15) is 68.1 Å². The van der Waals surface area contributed by atoms with Gasteiger partial charge in [-0.3, -0.25) is 0 Å². The fourth-order valence-corrected chi connectivity index (χ4v) is 7.58. The van der Waals surface area contributed by atoms with Gasteiger partial charge >= 0.3 is 0 Å². The van der Waals surface area contributed by atoms with E-state index in [0.29, 0.717) is 35.8 Å². The Kier molecular flexibility index (Phi) is 4.93. The number of alkyl halides is 1. The molecule has 0 aliphatic heterocycles. The SMILES string of the molecule is CC(F)C[C@H]1[C@H]2[C@H]3[C@H](CC[C@]2(C)C[C@H]1O)c1ccc(O)cc1C[C@H]3c1ccccc1. The molecule has 30 heavy (non-hydrogen) atoms. The van der Waals surface area contributed by atoms with Gasteiger partial charge in [-0.25, -0.2) is 4.39 Å². The zero-order chi connectivity index (χ0) is 21.0. The first-order chi connectivity index (χ1) is 14.4. The van der Waals surface area contributed by atoms with Crippen molar-refractivity contribution in [3.05, 3.63) is 65.2 Å². The van der Waals surface area contributed by atoms with Gasteiger partial charge in [-0.15, -0.1) is 0 Å². The summed E-state index contributed by atoms with van der Waals surface area (Å²) < 4.78 is 14.2. The van der Waals surface area contributed by atoms with Crippen molar-refractivity contribution in [2.45, 2.75) is 70.1 Å². The van der Waals surface area contributed by atoms with E-state index in [2.05, 4.69) is 43.3 Å². The van der Waals surface area contributed by atoms with Crippen molar-refractivity contribution in [3.8, 4) is 5.75 Å². The van der Waals surface area contributed by atoms with Gasteiger partial charge in [0.05, 0.1) is 12.3 Å². The molecule has 8 atom stereocenters. The highest BCUT2D eigenvalue weighted by Crippen LogP contribution is 2.66. The highest BCUT2D eigenvalue weighted by atomic mass is 19.1. The number of benzene rings is 2. The lowest BCUT2D eigenvalue weighted by molar-refractivity contribution is 0.00846. The maximum absolute atomic E-state index is 14.2. The number of aliphatic hydroxyl groups is 1. The summed E-state index contributed by atoms with van der Waals surface area (Å²) in [6, 6.07) is 16.6. The molecule has 5 rings (SSSR count). The first kappa shape index (κ1) is 20.1. The Morgan fingerprint density at radius 3 is 2.63 bits per heavy atom. The summed E-state index contributed by atoms with van der Waals surface area (Å²) in [4.78, 5) is 0. The molecule has 2 aromatic carbocycles. The average molecular weight is 409 g/mol. The predicted molar refractivity (Wildman–Crippen MR) is 117 cm³/mol. The van der Waals surface area contributed by atoms with E-state index in [4.69, 9.17) is 0 Å². The Balaban J connectivity index is 1.64. The molecule has 3 aliphatic carbocycles. The lowest BCUT2D eigenvalue weighted by Gasteiger charge is -2.54. The standard InChI is InChI=1S/C27H33FO2/c1-16(28)12-23-24(30)15-27(2)11-10-21-20-9-8-19(29)13-18(20)14-22(25(21)26(23)27)17-6-4-3-5-7-17/h3-9,13,16,21-26,29-30H,10-12,14-15H2,1-2H3/t16?,21-,22+,23-,24-,25+,26+,27-/m1/s1. The fraction of sp³-hybridized carbons (Fsp3) is 0.556. The summed E-state index contributed by atoms with van der Waals surface area (Å²) >= 11 is 0. The summed E-state index contributed by atoms with van der Waals surface area (Å²) in [6.07, 6.45) is 3.02. The van der Waals surface area contributed by atoms with Crippen LogP contribution in [0.15, 0.2) is 48.5 Å². The third kappa shape index (κ3) is 3.17. The van der Waals surface area contributed by atoms with Crippen molar-refractivity contribution in [1.82, 2.24) is 0 Å². The van der Waals surface area contributed by atoms with Crippen LogP contribution in [0.4, 0.5) is 4.39 Å². The van der Waals surface area contributed by atoms with E-state index in [0.717, 1.165) is 25.7 Å². The molecule has 2 aromatic rings. The van der Waals surface area contributed by atoms with E-state index in [1.165, 1.54) is 16.7 Å². The minimum absolute atomic E-state index is 0.0210. The second kappa shape index (κ2) is 7.37. The smallest absolute Gasteiger partial charge is 0.115 e. The molecule has 0 saturated heterocycles. The van der Waals surface area contributed by atoms with Crippen molar-refractivity contribution in [1.29, 1.82) is 0 Å². The topological polar surface area (TPSA) is 40.5 Å². The molecule has 0 spiro atoms. The minimum Gasteiger partial charge on any atom is -0.508 e. The number of rotatable bonds is 3. The van der Waals surface area contributed by atoms with Gasteiger partial charge in [0.2, 0.25) is 0 Å². The molecule has 1 unspecified atom stereocenters. The summed E-state index contributed by atoms with van der Waals surface area (Å²) in [6.45, 7) is 3.98. The molecular weight excluding hydrogens is 375 g/mol. The van der Waals surface area contributed by atoms with Gasteiger partial charge in [-0.1, -0.05) is 43.3 Å². The Hall–Kier alpha value is -1.87. The van der Waals surface area contributed by atoms with E-state index >= 15 is 0 Å². The van der Waals surface area contributed by atoms with Crippen molar-refractivity contribution in [3.63, 3.8) is 0 Å². The molecule has 0 amide bonds. The maximum Gasteiger partial charge on any atom is 0.115 e. The van der Waals surface area contributed by atoms with Crippen molar-refractivity contribution < 1.29 is 14.6 Å². The molecular formula is C27H33FO2. The van der Waals surface area contributed by atoms with Crippen LogP contribution in [0, 0.1) is 23.2 Å². The van der Waals surface area contributed by atoms with E-state index in [-0.39, 0.29) is 11.3 Å². The highest BCUT2D eigenvalue weighted by molar-refractivity contribution is 5.43. The van der Waals surface area contributed by atoms with Gasteiger partial charge in [0.15, 0.2) is 0 Å². The van der Waals surface area contributed by atoms with Gasteiger partial charge in [0.1, 0.15) is 5.75 Å². The Morgan fingerprint density at radius 2 is 1.90 bits per heavy atom. The number of phenols is 1. The second-order valence-electron chi connectivity index (χ2n) is 10.5. The van der Waals surface area contributed by atoms with Crippen LogP contribution in [0.25, 0.3) is 0 Å². The van der Waals surface area contributed by atoms with Gasteiger partial charge in [-0.2, -0.15) is 0 Å². The normalized spacial score (nSPS) is 38.4. The number of aliphatic hydroxyl groups excluding tert-OH is 1. The van der Waals surface area contributed by atoms with Gasteiger partial charge in [0.25, 0.3) is 0 Å². The van der Waals surface area contributed by atoms with Crippen LogP contribution < -0.4 is 0 Å². The number of fused-ring (bicyclic) bond motifs is 5. The van der Waals surface area contributed by atoms with Crippen LogP contribution in [-0.2, 0) is 6.42 Å². The fourth-order valence-electron chi connectivity index (χ4n) is 7.58.